The van der Waals surface area contributed by atoms with Crippen molar-refractivity contribution >= 4 is 10.8 Å². The maximum atomic E-state index is 14.5. The van der Waals surface area contributed by atoms with Gasteiger partial charge in [-0.25, -0.2) is 9.18 Å². The maximum Gasteiger partial charge on any atom is 0.347 e. The molecule has 0 amide bonds. The highest BCUT2D eigenvalue weighted by Crippen LogP contribution is 2.28. The van der Waals surface area contributed by atoms with E-state index in [0.717, 1.165) is 18.4 Å². The van der Waals surface area contributed by atoms with E-state index in [9.17, 15) is 9.18 Å². The summed E-state index contributed by atoms with van der Waals surface area (Å²) in [5, 5.41) is 0.319. The van der Waals surface area contributed by atoms with E-state index in [2.05, 4.69) is 6.58 Å². The second kappa shape index (κ2) is 7.97. The molecule has 0 radical (unpaired) electrons. The zero-order valence-corrected chi connectivity index (χ0v) is 14.5. The zero-order valence-electron chi connectivity index (χ0n) is 14.5. The van der Waals surface area contributed by atoms with Crippen molar-refractivity contribution < 1.29 is 18.3 Å². The maximum absolute atomic E-state index is 14.5. The molecule has 0 N–H and O–H groups in total. The molecule has 26 heavy (non-hydrogen) atoms. The van der Waals surface area contributed by atoms with Crippen LogP contribution in [0, 0.1) is 5.82 Å². The van der Waals surface area contributed by atoms with Crippen LogP contribution in [0.4, 0.5) is 4.39 Å². The van der Waals surface area contributed by atoms with E-state index in [4.69, 9.17) is 13.9 Å². The molecule has 0 bridgehead atoms. The Hall–Kier alpha value is -2.92. The third-order valence-electron chi connectivity index (χ3n) is 4.04. The summed E-state index contributed by atoms with van der Waals surface area (Å²) < 4.78 is 29.7. The Bertz CT molecular complexity index is 974. The van der Waals surface area contributed by atoms with E-state index in [1.54, 1.807) is 12.1 Å². The number of fused-ring (bicyclic) bond motifs is 1. The summed E-state index contributed by atoms with van der Waals surface area (Å²) in [7, 11) is 1.43. The molecule has 0 saturated carbocycles. The largest absolute Gasteiger partial charge is 0.464 e. The highest BCUT2D eigenvalue weighted by molar-refractivity contribution is 5.86. The molecular weight excluding hydrogens is 335 g/mol. The molecule has 1 aromatic heterocycles. The predicted molar refractivity (Wildman–Crippen MR) is 98.9 cm³/mol. The first kappa shape index (κ1) is 17.9. The number of rotatable bonds is 7. The van der Waals surface area contributed by atoms with Crippen molar-refractivity contribution in [2.75, 3.05) is 13.9 Å². The van der Waals surface area contributed by atoms with Gasteiger partial charge in [0.1, 0.15) is 11.1 Å². The van der Waals surface area contributed by atoms with Crippen molar-refractivity contribution in [3.63, 3.8) is 0 Å². The molecule has 0 unspecified atom stereocenters. The molecule has 0 aliphatic carbocycles. The monoisotopic (exact) mass is 354 g/mol. The van der Waals surface area contributed by atoms with Gasteiger partial charge in [0.15, 0.2) is 18.4 Å². The second-order valence-electron chi connectivity index (χ2n) is 5.82. The number of methoxy groups -OCH3 is 1. The van der Waals surface area contributed by atoms with Crippen LogP contribution in [0.5, 0.6) is 5.75 Å². The minimum atomic E-state index is -0.750. The van der Waals surface area contributed by atoms with Crippen LogP contribution in [0.2, 0.25) is 0 Å². The molecule has 0 spiro atoms. The van der Waals surface area contributed by atoms with E-state index in [-0.39, 0.29) is 17.9 Å². The van der Waals surface area contributed by atoms with Crippen LogP contribution < -0.4 is 10.4 Å². The van der Waals surface area contributed by atoms with Gasteiger partial charge in [0.2, 0.25) is 0 Å². The molecule has 3 rings (SSSR count). The minimum absolute atomic E-state index is 0.0500. The number of hydrogen-bond acceptors (Lipinski definition) is 4. The van der Waals surface area contributed by atoms with E-state index in [0.29, 0.717) is 11.1 Å². The molecule has 2 aromatic carbocycles. The summed E-state index contributed by atoms with van der Waals surface area (Å²) in [5.74, 6) is -0.409. The van der Waals surface area contributed by atoms with E-state index in [1.807, 2.05) is 30.3 Å². The molecule has 1 heterocycles. The SMILES string of the molecule is C=CCCc1ccc(-c2cc3ccc(OCOC)c(F)c3c(=O)o2)cc1. The fraction of sp³-hybridized carbons (Fsp3) is 0.190. The second-order valence-corrected chi connectivity index (χ2v) is 5.82. The summed E-state index contributed by atoms with van der Waals surface area (Å²) in [6, 6.07) is 12.5. The summed E-state index contributed by atoms with van der Waals surface area (Å²) >= 11 is 0. The number of benzene rings is 2. The van der Waals surface area contributed by atoms with E-state index >= 15 is 0 Å². The Labute approximate surface area is 150 Å². The Kier molecular flexibility index (Phi) is 5.49. The molecule has 0 saturated heterocycles. The molecular formula is C21H19FO4. The number of ether oxygens (including phenoxy) is 2. The highest BCUT2D eigenvalue weighted by Gasteiger charge is 2.15. The Morgan fingerprint density at radius 3 is 2.65 bits per heavy atom. The Morgan fingerprint density at radius 1 is 1.19 bits per heavy atom. The third kappa shape index (κ3) is 3.68. The summed E-state index contributed by atoms with van der Waals surface area (Å²) in [6.45, 7) is 3.61. The van der Waals surface area contributed by atoms with Gasteiger partial charge in [0.05, 0.1) is 0 Å². The summed E-state index contributed by atoms with van der Waals surface area (Å²) in [6.07, 6.45) is 3.67. The van der Waals surface area contributed by atoms with Crippen LogP contribution in [-0.4, -0.2) is 13.9 Å². The predicted octanol–water partition coefficient (Wildman–Crippen LogP) is 4.70. The number of hydrogen-bond donors (Lipinski definition) is 0. The van der Waals surface area contributed by atoms with Gasteiger partial charge in [-0.2, -0.15) is 0 Å². The third-order valence-corrected chi connectivity index (χ3v) is 4.04. The number of aryl methyl sites for hydroxylation is 1. The lowest BCUT2D eigenvalue weighted by Gasteiger charge is -2.08. The molecule has 134 valence electrons. The quantitative estimate of drug-likeness (QED) is 0.456. The molecule has 0 aliphatic rings. The summed E-state index contributed by atoms with van der Waals surface area (Å²) in [5.41, 5.74) is 1.18. The van der Waals surface area contributed by atoms with Crippen LogP contribution in [0.3, 0.4) is 0 Å². The van der Waals surface area contributed by atoms with Crippen LogP contribution in [-0.2, 0) is 11.2 Å². The van der Waals surface area contributed by atoms with Crippen molar-refractivity contribution in [3.8, 4) is 17.1 Å². The molecule has 0 fully saturated rings. The van der Waals surface area contributed by atoms with Gasteiger partial charge in [-0.1, -0.05) is 36.4 Å². The lowest BCUT2D eigenvalue weighted by Crippen LogP contribution is -2.06. The molecule has 0 aliphatic heterocycles. The van der Waals surface area contributed by atoms with E-state index < -0.39 is 11.4 Å². The summed E-state index contributed by atoms with van der Waals surface area (Å²) in [4.78, 5) is 12.3. The first-order chi connectivity index (χ1) is 12.6. The van der Waals surface area contributed by atoms with Crippen molar-refractivity contribution in [2.45, 2.75) is 12.8 Å². The van der Waals surface area contributed by atoms with Gasteiger partial charge in [0, 0.05) is 12.7 Å². The first-order valence-corrected chi connectivity index (χ1v) is 8.22. The van der Waals surface area contributed by atoms with Gasteiger partial charge >= 0.3 is 5.63 Å². The van der Waals surface area contributed by atoms with Crippen molar-refractivity contribution in [1.82, 2.24) is 0 Å². The van der Waals surface area contributed by atoms with Crippen LogP contribution in [0.1, 0.15) is 12.0 Å². The molecule has 3 aromatic rings. The Balaban J connectivity index is 1.98. The number of allylic oxidation sites excluding steroid dienone is 1. The van der Waals surface area contributed by atoms with Gasteiger partial charge < -0.3 is 13.9 Å². The zero-order chi connectivity index (χ0) is 18.5. The molecule has 0 atom stereocenters. The Morgan fingerprint density at radius 2 is 1.96 bits per heavy atom. The van der Waals surface area contributed by atoms with Gasteiger partial charge in [0.25, 0.3) is 0 Å². The van der Waals surface area contributed by atoms with Crippen LogP contribution in [0.15, 0.2) is 64.3 Å². The van der Waals surface area contributed by atoms with Crippen LogP contribution >= 0.6 is 0 Å². The minimum Gasteiger partial charge on any atom is -0.464 e. The average Bonchev–Trinajstić information content (AvgIpc) is 2.66. The highest BCUT2D eigenvalue weighted by atomic mass is 19.1. The van der Waals surface area contributed by atoms with Crippen molar-refractivity contribution in [2.24, 2.45) is 0 Å². The molecule has 4 nitrogen and oxygen atoms in total. The number of halogens is 1. The smallest absolute Gasteiger partial charge is 0.347 e. The van der Waals surface area contributed by atoms with Gasteiger partial charge in [-0.15, -0.1) is 6.58 Å². The fourth-order valence-corrected chi connectivity index (χ4v) is 2.70. The lowest BCUT2D eigenvalue weighted by molar-refractivity contribution is 0.0485. The topological polar surface area (TPSA) is 48.7 Å². The normalized spacial score (nSPS) is 10.8. The van der Waals surface area contributed by atoms with Crippen LogP contribution in [0.25, 0.3) is 22.1 Å². The first-order valence-electron chi connectivity index (χ1n) is 8.22. The van der Waals surface area contributed by atoms with Crippen molar-refractivity contribution in [3.05, 3.63) is 76.9 Å². The van der Waals surface area contributed by atoms with Gasteiger partial charge in [-0.3, -0.25) is 0 Å². The van der Waals surface area contributed by atoms with Gasteiger partial charge in [-0.05, 0) is 35.9 Å². The average molecular weight is 354 g/mol. The molecule has 5 heteroatoms. The van der Waals surface area contributed by atoms with Crippen molar-refractivity contribution in [1.29, 1.82) is 0 Å². The van der Waals surface area contributed by atoms with E-state index in [1.165, 1.54) is 18.7 Å². The standard InChI is InChI=1S/C21H19FO4/c1-3-4-5-14-6-8-15(9-7-14)18-12-16-10-11-17(25-13-24-2)20(22)19(16)21(23)26-18/h3,6-12H,1,4-5,13H2,2H3. The fourth-order valence-electron chi connectivity index (χ4n) is 2.70. The lowest BCUT2D eigenvalue weighted by atomic mass is 10.0.